The van der Waals surface area contributed by atoms with Gasteiger partial charge in [0, 0.05) is 18.7 Å². The number of nitrogens with zero attached hydrogens (tertiary/aromatic N) is 1. The van der Waals surface area contributed by atoms with E-state index in [9.17, 15) is 4.79 Å². The van der Waals surface area contributed by atoms with Crippen molar-refractivity contribution in [1.82, 2.24) is 0 Å². The largest absolute Gasteiger partial charge is 0.497 e. The number of carbonyl (C=O) groups is 1. The molecule has 0 bridgehead atoms. The lowest BCUT2D eigenvalue weighted by Crippen LogP contribution is -2.37. The van der Waals surface area contributed by atoms with Crippen molar-refractivity contribution >= 4 is 11.7 Å². The van der Waals surface area contributed by atoms with Crippen LogP contribution in [0.1, 0.15) is 20.8 Å². The second-order valence-corrected chi connectivity index (χ2v) is 5.02. The van der Waals surface area contributed by atoms with E-state index in [1.165, 1.54) is 0 Å². The van der Waals surface area contributed by atoms with Crippen LogP contribution in [-0.4, -0.2) is 37.9 Å². The van der Waals surface area contributed by atoms with Crippen molar-refractivity contribution < 1.29 is 19.4 Å². The highest BCUT2D eigenvalue weighted by atomic mass is 16.5. The number of hydrogen-bond donors (Lipinski definition) is 1. The van der Waals surface area contributed by atoms with Crippen LogP contribution in [0.2, 0.25) is 0 Å². The van der Waals surface area contributed by atoms with Gasteiger partial charge in [0.1, 0.15) is 11.5 Å². The van der Waals surface area contributed by atoms with Crippen LogP contribution in [0.15, 0.2) is 18.2 Å². The summed E-state index contributed by atoms with van der Waals surface area (Å²) in [6.45, 7) is 6.18. The van der Waals surface area contributed by atoms with Crippen molar-refractivity contribution in [3.05, 3.63) is 18.2 Å². The fraction of sp³-hybridized carbons (Fsp3) is 0.533. The monoisotopic (exact) mass is 281 g/mol. The molecule has 1 N–H and O–H groups in total. The molecular weight excluding hydrogens is 258 g/mol. The maximum absolute atomic E-state index is 11.1. The molecule has 1 atom stereocenters. The Bertz CT molecular complexity index is 459. The predicted molar refractivity (Wildman–Crippen MR) is 78.8 cm³/mol. The molecule has 1 rings (SSSR count). The number of rotatable bonds is 7. The van der Waals surface area contributed by atoms with E-state index in [0.717, 1.165) is 5.69 Å². The van der Waals surface area contributed by atoms with Gasteiger partial charge in [-0.25, -0.2) is 0 Å². The topological polar surface area (TPSA) is 59.0 Å². The molecule has 5 nitrogen and oxygen atoms in total. The molecule has 0 heterocycles. The quantitative estimate of drug-likeness (QED) is 0.832. The maximum Gasteiger partial charge on any atom is 0.308 e. The molecule has 1 unspecified atom stereocenters. The first-order chi connectivity index (χ1) is 9.40. The van der Waals surface area contributed by atoms with E-state index in [2.05, 4.69) is 0 Å². The van der Waals surface area contributed by atoms with E-state index in [1.54, 1.807) is 27.2 Å². The summed E-state index contributed by atoms with van der Waals surface area (Å²) in [6, 6.07) is 5.71. The molecule has 1 aromatic rings. The summed E-state index contributed by atoms with van der Waals surface area (Å²) in [7, 11) is 3.19. The Morgan fingerprint density at radius 1 is 1.25 bits per heavy atom. The summed E-state index contributed by atoms with van der Waals surface area (Å²) >= 11 is 0. The van der Waals surface area contributed by atoms with Crippen LogP contribution in [-0.2, 0) is 4.79 Å². The zero-order chi connectivity index (χ0) is 15.3. The minimum absolute atomic E-state index is 0.166. The zero-order valence-corrected chi connectivity index (χ0v) is 12.7. The van der Waals surface area contributed by atoms with Gasteiger partial charge in [-0.05, 0) is 26.0 Å². The third kappa shape index (κ3) is 3.79. The molecule has 0 fully saturated rings. The van der Waals surface area contributed by atoms with Crippen LogP contribution in [0.4, 0.5) is 5.69 Å². The number of methoxy groups -OCH3 is 2. The number of ether oxygens (including phenoxy) is 2. The molecule has 0 saturated carbocycles. The van der Waals surface area contributed by atoms with Gasteiger partial charge >= 0.3 is 5.97 Å². The molecule has 0 amide bonds. The number of carboxylic acids is 1. The summed E-state index contributed by atoms with van der Waals surface area (Å²) in [5.74, 6) is 0.128. The summed E-state index contributed by atoms with van der Waals surface area (Å²) in [6.07, 6.45) is 0. The third-order valence-electron chi connectivity index (χ3n) is 3.21. The Kier molecular flexibility index (Phi) is 5.67. The van der Waals surface area contributed by atoms with Crippen LogP contribution in [0.25, 0.3) is 0 Å². The molecule has 1 aromatic carbocycles. The van der Waals surface area contributed by atoms with Gasteiger partial charge in [0.05, 0.1) is 25.8 Å². The normalized spacial score (nSPS) is 12.1. The summed E-state index contributed by atoms with van der Waals surface area (Å²) in [5.41, 5.74) is 0.872. The second-order valence-electron chi connectivity index (χ2n) is 5.02. The fourth-order valence-electron chi connectivity index (χ4n) is 1.98. The first-order valence-corrected chi connectivity index (χ1v) is 6.62. The van der Waals surface area contributed by atoms with Crippen LogP contribution < -0.4 is 14.4 Å². The van der Waals surface area contributed by atoms with Gasteiger partial charge in [-0.2, -0.15) is 0 Å². The van der Waals surface area contributed by atoms with Crippen molar-refractivity contribution in [2.45, 2.75) is 26.8 Å². The zero-order valence-electron chi connectivity index (χ0n) is 12.7. The molecule has 5 heteroatoms. The molecule has 112 valence electrons. The average Bonchev–Trinajstić information content (AvgIpc) is 2.43. The standard InChI is InChI=1S/C15H23NO4/c1-10(2)16(9-11(3)15(17)18)13-7-6-12(19-4)8-14(13)20-5/h6-8,10-11H,9H2,1-5H3,(H,17,18). The molecular formula is C15H23NO4. The molecule has 20 heavy (non-hydrogen) atoms. The number of carboxylic acid groups (broad SMARTS) is 1. The minimum Gasteiger partial charge on any atom is -0.497 e. The summed E-state index contributed by atoms with van der Waals surface area (Å²) in [5, 5.41) is 9.09. The number of anilines is 1. The van der Waals surface area contributed by atoms with Crippen molar-refractivity contribution in [3.8, 4) is 11.5 Å². The molecule has 0 aliphatic carbocycles. The smallest absolute Gasteiger partial charge is 0.308 e. The summed E-state index contributed by atoms with van der Waals surface area (Å²) in [4.78, 5) is 13.1. The summed E-state index contributed by atoms with van der Waals surface area (Å²) < 4.78 is 10.6. The van der Waals surface area contributed by atoms with Gasteiger partial charge in [-0.1, -0.05) is 6.92 Å². The van der Waals surface area contributed by atoms with Crippen molar-refractivity contribution in [2.24, 2.45) is 5.92 Å². The predicted octanol–water partition coefficient (Wildman–Crippen LogP) is 2.64. The minimum atomic E-state index is -0.803. The SMILES string of the molecule is COc1ccc(N(CC(C)C(=O)O)C(C)C)c(OC)c1. The van der Waals surface area contributed by atoms with E-state index < -0.39 is 11.9 Å². The molecule has 0 radical (unpaired) electrons. The van der Waals surface area contributed by atoms with Gasteiger partial charge in [0.2, 0.25) is 0 Å². The van der Waals surface area contributed by atoms with Gasteiger partial charge in [0.15, 0.2) is 0 Å². The highest BCUT2D eigenvalue weighted by molar-refractivity contribution is 5.71. The van der Waals surface area contributed by atoms with Gasteiger partial charge in [0.25, 0.3) is 0 Å². The first-order valence-electron chi connectivity index (χ1n) is 6.62. The molecule has 0 spiro atoms. The molecule has 0 saturated heterocycles. The molecule has 0 aromatic heterocycles. The van der Waals surface area contributed by atoms with Crippen molar-refractivity contribution in [2.75, 3.05) is 25.7 Å². The Balaban J connectivity index is 3.11. The van der Waals surface area contributed by atoms with Crippen LogP contribution >= 0.6 is 0 Å². The Morgan fingerprint density at radius 2 is 1.90 bits per heavy atom. The Morgan fingerprint density at radius 3 is 2.35 bits per heavy atom. The number of benzene rings is 1. The van der Waals surface area contributed by atoms with Gasteiger partial charge < -0.3 is 19.5 Å². The third-order valence-corrected chi connectivity index (χ3v) is 3.21. The lowest BCUT2D eigenvalue weighted by atomic mass is 10.1. The lowest BCUT2D eigenvalue weighted by molar-refractivity contribution is -0.140. The highest BCUT2D eigenvalue weighted by Gasteiger charge is 2.21. The van der Waals surface area contributed by atoms with E-state index in [-0.39, 0.29) is 6.04 Å². The Labute approximate surface area is 120 Å². The second kappa shape index (κ2) is 7.03. The van der Waals surface area contributed by atoms with E-state index >= 15 is 0 Å². The fourth-order valence-corrected chi connectivity index (χ4v) is 1.98. The number of aliphatic carboxylic acids is 1. The Hall–Kier alpha value is -1.91. The van der Waals surface area contributed by atoms with E-state index in [1.807, 2.05) is 30.9 Å². The number of hydrogen-bond acceptors (Lipinski definition) is 4. The van der Waals surface area contributed by atoms with Crippen molar-refractivity contribution in [1.29, 1.82) is 0 Å². The lowest BCUT2D eigenvalue weighted by Gasteiger charge is -2.31. The van der Waals surface area contributed by atoms with E-state index in [0.29, 0.717) is 18.0 Å². The maximum atomic E-state index is 11.1. The molecule has 0 aliphatic rings. The van der Waals surface area contributed by atoms with Gasteiger partial charge in [-0.3, -0.25) is 4.79 Å². The van der Waals surface area contributed by atoms with Gasteiger partial charge in [-0.15, -0.1) is 0 Å². The molecule has 0 aliphatic heterocycles. The van der Waals surface area contributed by atoms with E-state index in [4.69, 9.17) is 14.6 Å². The van der Waals surface area contributed by atoms with Crippen LogP contribution in [0, 0.1) is 5.92 Å². The first kappa shape index (κ1) is 16.1. The average molecular weight is 281 g/mol. The van der Waals surface area contributed by atoms with Crippen LogP contribution in [0.5, 0.6) is 11.5 Å². The highest BCUT2D eigenvalue weighted by Crippen LogP contribution is 2.33. The van der Waals surface area contributed by atoms with Crippen LogP contribution in [0.3, 0.4) is 0 Å². The van der Waals surface area contributed by atoms with Crippen molar-refractivity contribution in [3.63, 3.8) is 0 Å².